The van der Waals surface area contributed by atoms with Crippen LogP contribution in [0.2, 0.25) is 0 Å². The third-order valence-corrected chi connectivity index (χ3v) is 3.23. The maximum atomic E-state index is 12.2. The van der Waals surface area contributed by atoms with E-state index in [2.05, 4.69) is 4.98 Å². The summed E-state index contributed by atoms with van der Waals surface area (Å²) in [7, 11) is 0. The van der Waals surface area contributed by atoms with Crippen LogP contribution in [0.4, 0.5) is 0 Å². The van der Waals surface area contributed by atoms with Crippen LogP contribution in [0.5, 0.6) is 0 Å². The minimum atomic E-state index is -0.470. The molecule has 6 heteroatoms. The molecule has 0 aliphatic rings. The SMILES string of the molecule is CCOC(=O)c1c(C)[nH]c(C(=O)COC(=O)CC(C)(C)C)c1C. The first kappa shape index (κ1) is 18.9. The molecular formula is C17H25NO5. The summed E-state index contributed by atoms with van der Waals surface area (Å²) in [6.45, 7) is 10.7. The van der Waals surface area contributed by atoms with Gasteiger partial charge in [0.15, 0.2) is 6.61 Å². The first-order valence-electron chi connectivity index (χ1n) is 7.62. The van der Waals surface area contributed by atoms with E-state index < -0.39 is 11.9 Å². The third kappa shape index (κ3) is 5.23. The second-order valence-corrected chi connectivity index (χ2v) is 6.67. The topological polar surface area (TPSA) is 85.5 Å². The molecule has 0 fully saturated rings. The fourth-order valence-corrected chi connectivity index (χ4v) is 2.24. The second kappa shape index (κ2) is 7.44. The summed E-state index contributed by atoms with van der Waals surface area (Å²) in [6, 6.07) is 0. The van der Waals surface area contributed by atoms with Crippen LogP contribution in [0.3, 0.4) is 0 Å². The number of ketones is 1. The maximum Gasteiger partial charge on any atom is 0.340 e. The molecule has 23 heavy (non-hydrogen) atoms. The Bertz CT molecular complexity index is 607. The summed E-state index contributed by atoms with van der Waals surface area (Å²) in [6.07, 6.45) is 0.233. The van der Waals surface area contributed by atoms with Crippen molar-refractivity contribution in [1.82, 2.24) is 4.98 Å². The first-order chi connectivity index (χ1) is 10.6. The maximum absolute atomic E-state index is 12.2. The van der Waals surface area contributed by atoms with Crippen LogP contribution in [0.15, 0.2) is 0 Å². The van der Waals surface area contributed by atoms with Crippen LogP contribution >= 0.6 is 0 Å². The number of carbonyl (C=O) groups excluding carboxylic acids is 3. The van der Waals surface area contributed by atoms with E-state index >= 15 is 0 Å². The molecule has 0 aliphatic heterocycles. The number of hydrogen-bond donors (Lipinski definition) is 1. The van der Waals surface area contributed by atoms with Gasteiger partial charge in [-0.05, 0) is 31.7 Å². The number of Topliss-reactive ketones (excluding diaryl/α,β-unsaturated/α-hetero) is 1. The molecule has 1 N–H and O–H groups in total. The zero-order valence-electron chi connectivity index (χ0n) is 14.7. The van der Waals surface area contributed by atoms with Gasteiger partial charge >= 0.3 is 11.9 Å². The van der Waals surface area contributed by atoms with E-state index in [0.29, 0.717) is 16.8 Å². The van der Waals surface area contributed by atoms with Gasteiger partial charge in [-0.15, -0.1) is 0 Å². The number of nitrogens with one attached hydrogen (secondary N) is 1. The molecule has 0 amide bonds. The van der Waals surface area contributed by atoms with Gasteiger partial charge in [0.1, 0.15) is 0 Å². The van der Waals surface area contributed by atoms with Gasteiger partial charge in [0.25, 0.3) is 0 Å². The number of aryl methyl sites for hydroxylation is 1. The summed E-state index contributed by atoms with van der Waals surface area (Å²) in [5.41, 5.74) is 1.50. The van der Waals surface area contributed by atoms with Crippen molar-refractivity contribution in [3.63, 3.8) is 0 Å². The Morgan fingerprint density at radius 3 is 2.22 bits per heavy atom. The van der Waals surface area contributed by atoms with Gasteiger partial charge in [-0.25, -0.2) is 4.79 Å². The van der Waals surface area contributed by atoms with Gasteiger partial charge in [0.2, 0.25) is 5.78 Å². The Balaban J connectivity index is 2.80. The smallest absolute Gasteiger partial charge is 0.340 e. The van der Waals surface area contributed by atoms with Crippen LogP contribution in [-0.4, -0.2) is 35.9 Å². The summed E-state index contributed by atoms with van der Waals surface area (Å²) in [4.78, 5) is 38.7. The Morgan fingerprint density at radius 1 is 1.09 bits per heavy atom. The van der Waals surface area contributed by atoms with Gasteiger partial charge in [0, 0.05) is 5.69 Å². The van der Waals surface area contributed by atoms with Gasteiger partial charge in [-0.1, -0.05) is 20.8 Å². The van der Waals surface area contributed by atoms with E-state index in [1.807, 2.05) is 20.8 Å². The summed E-state index contributed by atoms with van der Waals surface area (Å²) >= 11 is 0. The number of ether oxygens (including phenoxy) is 2. The fraction of sp³-hybridized carbons (Fsp3) is 0.588. The molecule has 0 spiro atoms. The summed E-state index contributed by atoms with van der Waals surface area (Å²) in [5.74, 6) is -1.26. The summed E-state index contributed by atoms with van der Waals surface area (Å²) in [5, 5.41) is 0. The van der Waals surface area contributed by atoms with Crippen LogP contribution in [0, 0.1) is 19.3 Å². The minimum absolute atomic E-state index is 0.198. The van der Waals surface area contributed by atoms with E-state index in [-0.39, 0.29) is 36.5 Å². The molecule has 0 unspecified atom stereocenters. The number of esters is 2. The number of rotatable bonds is 6. The lowest BCUT2D eigenvalue weighted by Gasteiger charge is -2.16. The van der Waals surface area contributed by atoms with Crippen molar-refractivity contribution in [3.8, 4) is 0 Å². The highest BCUT2D eigenvalue weighted by atomic mass is 16.5. The van der Waals surface area contributed by atoms with Crippen LogP contribution in [0.25, 0.3) is 0 Å². The van der Waals surface area contributed by atoms with Crippen molar-refractivity contribution >= 4 is 17.7 Å². The molecule has 0 saturated heterocycles. The molecule has 6 nitrogen and oxygen atoms in total. The van der Waals surface area contributed by atoms with Gasteiger partial charge in [-0.2, -0.15) is 0 Å². The molecule has 0 bridgehead atoms. The van der Waals surface area contributed by atoms with E-state index in [4.69, 9.17) is 9.47 Å². The van der Waals surface area contributed by atoms with E-state index in [9.17, 15) is 14.4 Å². The number of aromatic nitrogens is 1. The number of aromatic amines is 1. The number of hydrogen-bond acceptors (Lipinski definition) is 5. The first-order valence-corrected chi connectivity index (χ1v) is 7.62. The molecule has 1 rings (SSSR count). The van der Waals surface area contributed by atoms with Crippen molar-refractivity contribution in [2.45, 2.75) is 48.0 Å². The van der Waals surface area contributed by atoms with E-state index in [1.54, 1.807) is 20.8 Å². The molecular weight excluding hydrogens is 298 g/mol. The van der Waals surface area contributed by atoms with Crippen LogP contribution < -0.4 is 0 Å². The molecule has 0 atom stereocenters. The lowest BCUT2D eigenvalue weighted by Crippen LogP contribution is -2.19. The average Bonchev–Trinajstić information content (AvgIpc) is 2.69. The highest BCUT2D eigenvalue weighted by Crippen LogP contribution is 2.21. The average molecular weight is 323 g/mol. The number of carbonyl (C=O) groups is 3. The molecule has 0 aliphatic carbocycles. The molecule has 1 heterocycles. The third-order valence-electron chi connectivity index (χ3n) is 3.23. The largest absolute Gasteiger partial charge is 0.462 e. The minimum Gasteiger partial charge on any atom is -0.462 e. The zero-order valence-corrected chi connectivity index (χ0v) is 14.7. The monoisotopic (exact) mass is 323 g/mol. The van der Waals surface area contributed by atoms with Gasteiger partial charge in [-0.3, -0.25) is 9.59 Å². The standard InChI is InChI=1S/C17H25NO5/c1-7-22-16(21)14-10(2)15(18-11(14)3)12(19)9-23-13(20)8-17(4,5)6/h18H,7-9H2,1-6H3. The molecule has 0 aromatic carbocycles. The Morgan fingerprint density at radius 2 is 1.70 bits per heavy atom. The zero-order chi connectivity index (χ0) is 17.8. The predicted molar refractivity (Wildman–Crippen MR) is 85.6 cm³/mol. The van der Waals surface area contributed by atoms with Crippen LogP contribution in [0.1, 0.15) is 66.2 Å². The summed E-state index contributed by atoms with van der Waals surface area (Å²) < 4.78 is 10.0. The van der Waals surface area contributed by atoms with E-state index in [0.717, 1.165) is 0 Å². The molecule has 128 valence electrons. The second-order valence-electron chi connectivity index (χ2n) is 6.67. The Kier molecular flexibility index (Phi) is 6.12. The molecule has 1 aromatic rings. The van der Waals surface area contributed by atoms with Gasteiger partial charge < -0.3 is 14.5 Å². The van der Waals surface area contributed by atoms with Crippen molar-refractivity contribution in [2.24, 2.45) is 5.41 Å². The molecule has 1 aromatic heterocycles. The quantitative estimate of drug-likeness (QED) is 0.642. The number of H-pyrrole nitrogens is 1. The molecule has 0 saturated carbocycles. The van der Waals surface area contributed by atoms with Crippen molar-refractivity contribution in [1.29, 1.82) is 0 Å². The molecule has 0 radical (unpaired) electrons. The normalized spacial score (nSPS) is 11.2. The van der Waals surface area contributed by atoms with Crippen LogP contribution in [-0.2, 0) is 14.3 Å². The van der Waals surface area contributed by atoms with E-state index in [1.165, 1.54) is 0 Å². The van der Waals surface area contributed by atoms with Crippen molar-refractivity contribution < 1.29 is 23.9 Å². The highest BCUT2D eigenvalue weighted by Gasteiger charge is 2.24. The Hall–Kier alpha value is -2.11. The fourth-order valence-electron chi connectivity index (χ4n) is 2.24. The highest BCUT2D eigenvalue weighted by molar-refractivity contribution is 6.02. The van der Waals surface area contributed by atoms with Crippen molar-refractivity contribution in [2.75, 3.05) is 13.2 Å². The lowest BCUT2D eigenvalue weighted by molar-refractivity contribution is -0.144. The predicted octanol–water partition coefficient (Wildman–Crippen LogP) is 2.97. The van der Waals surface area contributed by atoms with Gasteiger partial charge in [0.05, 0.1) is 24.3 Å². The Labute approximate surface area is 136 Å². The van der Waals surface area contributed by atoms with Crippen molar-refractivity contribution in [3.05, 3.63) is 22.5 Å². The lowest BCUT2D eigenvalue weighted by atomic mass is 9.92.